The SMILES string of the molecule is COc1cc2[nH]nc(-c3cnn(C4CN(C(=O)C5CCOC5)C4)c3)c2nc1-c1cccc2c1CCC2. The maximum absolute atomic E-state index is 12.6. The number of nitrogens with one attached hydrogen (secondary N) is 1. The molecule has 4 aromatic rings. The van der Waals surface area contributed by atoms with Gasteiger partial charge in [-0.15, -0.1) is 0 Å². The highest BCUT2D eigenvalue weighted by molar-refractivity contribution is 5.93. The summed E-state index contributed by atoms with van der Waals surface area (Å²) in [5.74, 6) is 0.950. The predicted molar refractivity (Wildman–Crippen MR) is 134 cm³/mol. The maximum Gasteiger partial charge on any atom is 0.228 e. The van der Waals surface area contributed by atoms with Crippen molar-refractivity contribution < 1.29 is 14.3 Å². The molecule has 3 aliphatic rings. The number of methoxy groups -OCH3 is 1. The molecule has 7 rings (SSSR count). The van der Waals surface area contributed by atoms with Crippen LogP contribution >= 0.6 is 0 Å². The zero-order valence-corrected chi connectivity index (χ0v) is 20.2. The van der Waals surface area contributed by atoms with E-state index in [9.17, 15) is 4.79 Å². The molecule has 0 bridgehead atoms. The standard InChI is InChI=1S/C27H28N6O3/c1-35-23-10-22-26(29-25(23)21-7-3-5-16-4-2-6-20(16)21)24(31-30-22)18-11-28-33(12-18)19-13-32(14-19)27(34)17-8-9-36-15-17/h3,5,7,10-12,17,19H,2,4,6,8-9,13-15H2,1H3,(H,30,31). The van der Waals surface area contributed by atoms with Crippen LogP contribution in [0.25, 0.3) is 33.5 Å². The van der Waals surface area contributed by atoms with Crippen LogP contribution < -0.4 is 4.74 Å². The van der Waals surface area contributed by atoms with Gasteiger partial charge in [-0.3, -0.25) is 14.6 Å². The number of rotatable bonds is 5. The molecule has 2 fully saturated rings. The fourth-order valence-electron chi connectivity index (χ4n) is 5.77. The summed E-state index contributed by atoms with van der Waals surface area (Å²) in [6, 6.07) is 8.61. The van der Waals surface area contributed by atoms with Crippen LogP contribution in [0, 0.1) is 5.92 Å². The highest BCUT2D eigenvalue weighted by atomic mass is 16.5. The van der Waals surface area contributed by atoms with E-state index in [0.29, 0.717) is 26.3 Å². The number of carbonyl (C=O) groups excluding carboxylic acids is 1. The van der Waals surface area contributed by atoms with Gasteiger partial charge < -0.3 is 14.4 Å². The number of hydrogen-bond donors (Lipinski definition) is 1. The van der Waals surface area contributed by atoms with Crippen molar-refractivity contribution in [2.45, 2.75) is 31.7 Å². The van der Waals surface area contributed by atoms with Gasteiger partial charge in [0.1, 0.15) is 22.7 Å². The molecule has 5 heterocycles. The lowest BCUT2D eigenvalue weighted by atomic mass is 9.99. The van der Waals surface area contributed by atoms with Crippen LogP contribution in [0.5, 0.6) is 5.75 Å². The number of hydrogen-bond acceptors (Lipinski definition) is 6. The summed E-state index contributed by atoms with van der Waals surface area (Å²) in [4.78, 5) is 19.6. The van der Waals surface area contributed by atoms with Crippen LogP contribution in [0.3, 0.4) is 0 Å². The van der Waals surface area contributed by atoms with Crippen molar-refractivity contribution in [1.29, 1.82) is 0 Å². The number of aromatic amines is 1. The Bertz CT molecular complexity index is 1460. The lowest BCUT2D eigenvalue weighted by Gasteiger charge is -2.40. The Labute approximate surface area is 208 Å². The molecule has 0 radical (unpaired) electrons. The van der Waals surface area contributed by atoms with Gasteiger partial charge in [0, 0.05) is 43.1 Å². The fraction of sp³-hybridized carbons (Fsp3) is 0.407. The Balaban J connectivity index is 1.18. The highest BCUT2D eigenvalue weighted by Gasteiger charge is 2.37. The Morgan fingerprint density at radius 3 is 2.97 bits per heavy atom. The summed E-state index contributed by atoms with van der Waals surface area (Å²) in [6.45, 7) is 2.58. The van der Waals surface area contributed by atoms with Crippen LogP contribution in [0.4, 0.5) is 0 Å². The van der Waals surface area contributed by atoms with E-state index in [0.717, 1.165) is 58.6 Å². The van der Waals surface area contributed by atoms with Crippen molar-refractivity contribution in [2.75, 3.05) is 33.4 Å². The van der Waals surface area contributed by atoms with Crippen molar-refractivity contribution >= 4 is 16.9 Å². The van der Waals surface area contributed by atoms with Crippen molar-refractivity contribution in [2.24, 2.45) is 5.92 Å². The third-order valence-corrected chi connectivity index (χ3v) is 7.82. The molecular weight excluding hydrogens is 456 g/mol. The van der Waals surface area contributed by atoms with E-state index in [2.05, 4.69) is 33.5 Å². The molecule has 2 saturated heterocycles. The highest BCUT2D eigenvalue weighted by Crippen LogP contribution is 2.39. The molecule has 0 spiro atoms. The number of pyridine rings is 1. The van der Waals surface area contributed by atoms with Gasteiger partial charge in [0.05, 0.1) is 37.4 Å². The van der Waals surface area contributed by atoms with Gasteiger partial charge in [-0.2, -0.15) is 10.2 Å². The second-order valence-corrected chi connectivity index (χ2v) is 9.97. The predicted octanol–water partition coefficient (Wildman–Crippen LogP) is 3.41. The lowest BCUT2D eigenvalue weighted by molar-refractivity contribution is -0.141. The molecule has 1 unspecified atom stereocenters. The summed E-state index contributed by atoms with van der Waals surface area (Å²) in [7, 11) is 1.68. The van der Waals surface area contributed by atoms with Crippen molar-refractivity contribution in [3.05, 3.63) is 47.8 Å². The van der Waals surface area contributed by atoms with Gasteiger partial charge in [0.15, 0.2) is 0 Å². The number of carbonyl (C=O) groups is 1. The average molecular weight is 485 g/mol. The first kappa shape index (κ1) is 21.6. The first-order chi connectivity index (χ1) is 17.7. The van der Waals surface area contributed by atoms with Gasteiger partial charge in [0.25, 0.3) is 0 Å². The molecule has 3 aromatic heterocycles. The quantitative estimate of drug-likeness (QED) is 0.466. The van der Waals surface area contributed by atoms with E-state index in [1.807, 2.05) is 28.0 Å². The van der Waals surface area contributed by atoms with Crippen molar-refractivity contribution in [1.82, 2.24) is 29.9 Å². The van der Waals surface area contributed by atoms with E-state index in [1.54, 1.807) is 7.11 Å². The van der Waals surface area contributed by atoms with Gasteiger partial charge in [0.2, 0.25) is 5.91 Å². The maximum atomic E-state index is 12.6. The molecule has 1 atom stereocenters. The van der Waals surface area contributed by atoms with Crippen LogP contribution in [-0.2, 0) is 22.4 Å². The van der Waals surface area contributed by atoms with Gasteiger partial charge >= 0.3 is 0 Å². The molecule has 2 aliphatic heterocycles. The molecule has 1 N–H and O–H groups in total. The zero-order chi connectivity index (χ0) is 24.2. The van der Waals surface area contributed by atoms with E-state index >= 15 is 0 Å². The Hall–Kier alpha value is -3.72. The fourth-order valence-corrected chi connectivity index (χ4v) is 5.77. The number of H-pyrrole nitrogens is 1. The Morgan fingerprint density at radius 1 is 1.22 bits per heavy atom. The van der Waals surface area contributed by atoms with Crippen LogP contribution in [0.2, 0.25) is 0 Å². The number of nitrogens with zero attached hydrogens (tertiary/aromatic N) is 5. The smallest absolute Gasteiger partial charge is 0.228 e. The second kappa shape index (κ2) is 8.44. The molecule has 184 valence electrons. The molecule has 9 nitrogen and oxygen atoms in total. The first-order valence-electron chi connectivity index (χ1n) is 12.6. The normalized spacial score (nSPS) is 19.6. The molecule has 9 heteroatoms. The molecule has 1 amide bonds. The monoisotopic (exact) mass is 484 g/mol. The molecular formula is C27H28N6O3. The minimum absolute atomic E-state index is 0.0117. The second-order valence-electron chi connectivity index (χ2n) is 9.97. The molecule has 36 heavy (non-hydrogen) atoms. The Morgan fingerprint density at radius 2 is 2.14 bits per heavy atom. The average Bonchev–Trinajstić information content (AvgIpc) is 3.67. The summed E-state index contributed by atoms with van der Waals surface area (Å²) >= 11 is 0. The van der Waals surface area contributed by atoms with E-state index in [-0.39, 0.29) is 17.9 Å². The molecule has 1 aromatic carbocycles. The number of amides is 1. The minimum atomic E-state index is 0.0117. The third-order valence-electron chi connectivity index (χ3n) is 7.82. The number of aromatic nitrogens is 5. The largest absolute Gasteiger partial charge is 0.494 e. The first-order valence-corrected chi connectivity index (χ1v) is 12.6. The summed E-state index contributed by atoms with van der Waals surface area (Å²) in [6.07, 6.45) is 8.01. The van der Waals surface area contributed by atoms with Gasteiger partial charge in [-0.05, 0) is 36.8 Å². The minimum Gasteiger partial charge on any atom is -0.494 e. The van der Waals surface area contributed by atoms with Crippen molar-refractivity contribution in [3.8, 4) is 28.3 Å². The summed E-state index contributed by atoms with van der Waals surface area (Å²) in [5.41, 5.74) is 8.05. The van der Waals surface area contributed by atoms with E-state index in [1.165, 1.54) is 17.5 Å². The van der Waals surface area contributed by atoms with E-state index < -0.39 is 0 Å². The number of benzene rings is 1. The van der Waals surface area contributed by atoms with Gasteiger partial charge in [-0.1, -0.05) is 18.2 Å². The van der Waals surface area contributed by atoms with Crippen LogP contribution in [0.1, 0.15) is 30.0 Å². The summed E-state index contributed by atoms with van der Waals surface area (Å²) < 4.78 is 13.1. The Kier molecular flexibility index (Phi) is 5.06. The third kappa shape index (κ3) is 3.41. The summed E-state index contributed by atoms with van der Waals surface area (Å²) in [5, 5.41) is 12.3. The van der Waals surface area contributed by atoms with Crippen LogP contribution in [-0.4, -0.2) is 69.2 Å². The number of fused-ring (bicyclic) bond motifs is 2. The lowest BCUT2D eigenvalue weighted by Crippen LogP contribution is -2.52. The number of aryl methyl sites for hydroxylation is 1. The van der Waals surface area contributed by atoms with Gasteiger partial charge in [-0.25, -0.2) is 4.98 Å². The van der Waals surface area contributed by atoms with Crippen molar-refractivity contribution in [3.63, 3.8) is 0 Å². The van der Waals surface area contributed by atoms with Crippen LogP contribution in [0.15, 0.2) is 36.7 Å². The topological polar surface area (TPSA) is 98.2 Å². The molecule has 0 saturated carbocycles. The zero-order valence-electron chi connectivity index (χ0n) is 20.2. The molecule has 1 aliphatic carbocycles. The number of likely N-dealkylation sites (tertiary alicyclic amines) is 1. The number of ether oxygens (including phenoxy) is 2. The van der Waals surface area contributed by atoms with E-state index in [4.69, 9.17) is 14.5 Å².